The maximum Gasteiger partial charge on any atom is 0.326 e. The molecule has 1 fully saturated rings. The van der Waals surface area contributed by atoms with Crippen molar-refractivity contribution >= 4 is 29.6 Å². The summed E-state index contributed by atoms with van der Waals surface area (Å²) in [5.41, 5.74) is 0.993. The van der Waals surface area contributed by atoms with Crippen LogP contribution in [-0.2, 0) is 11.4 Å². The lowest BCUT2D eigenvalue weighted by molar-refractivity contribution is -0.115. The molecule has 3 amide bonds. The summed E-state index contributed by atoms with van der Waals surface area (Å²) in [5.74, 6) is -0.359. The Morgan fingerprint density at radius 3 is 2.62 bits per heavy atom. The van der Waals surface area contributed by atoms with Crippen molar-refractivity contribution in [3.05, 3.63) is 64.1 Å². The molecule has 6 nitrogen and oxygen atoms in total. The van der Waals surface area contributed by atoms with Crippen LogP contribution in [0.4, 0.5) is 9.18 Å². The van der Waals surface area contributed by atoms with Crippen molar-refractivity contribution in [3.8, 4) is 11.5 Å². The number of hydrogen-bond donors (Lipinski definition) is 2. The predicted octanol–water partition coefficient (Wildman–Crippen LogP) is 3.25. The van der Waals surface area contributed by atoms with E-state index in [1.54, 1.807) is 30.3 Å². The van der Waals surface area contributed by atoms with Crippen LogP contribution in [0.1, 0.15) is 11.1 Å². The van der Waals surface area contributed by atoms with E-state index >= 15 is 0 Å². The molecule has 1 heterocycles. The van der Waals surface area contributed by atoms with Crippen molar-refractivity contribution in [1.29, 1.82) is 0 Å². The first kappa shape index (κ1) is 17.8. The summed E-state index contributed by atoms with van der Waals surface area (Å²) >= 11 is 6.25. The molecule has 2 aromatic carbocycles. The molecule has 0 atom stereocenters. The second-order valence-corrected chi connectivity index (χ2v) is 5.79. The number of urea groups is 1. The lowest BCUT2D eigenvalue weighted by Crippen LogP contribution is -2.22. The normalized spacial score (nSPS) is 15.0. The van der Waals surface area contributed by atoms with E-state index in [1.165, 1.54) is 19.3 Å². The van der Waals surface area contributed by atoms with Crippen molar-refractivity contribution in [1.82, 2.24) is 10.6 Å². The van der Waals surface area contributed by atoms with Gasteiger partial charge in [-0.3, -0.25) is 10.1 Å². The maximum atomic E-state index is 13.7. The van der Waals surface area contributed by atoms with Crippen molar-refractivity contribution in [2.75, 3.05) is 7.11 Å². The summed E-state index contributed by atoms with van der Waals surface area (Å²) in [4.78, 5) is 22.8. The zero-order chi connectivity index (χ0) is 18.7. The first-order valence-electron chi connectivity index (χ1n) is 7.55. The van der Waals surface area contributed by atoms with Crippen LogP contribution < -0.4 is 20.1 Å². The minimum Gasteiger partial charge on any atom is -0.493 e. The van der Waals surface area contributed by atoms with E-state index in [9.17, 15) is 14.0 Å². The molecular formula is C18H14ClFN2O4. The molecule has 0 radical (unpaired) electrons. The van der Waals surface area contributed by atoms with Gasteiger partial charge < -0.3 is 14.8 Å². The van der Waals surface area contributed by atoms with Crippen LogP contribution >= 0.6 is 11.6 Å². The van der Waals surface area contributed by atoms with E-state index in [4.69, 9.17) is 21.1 Å². The molecule has 1 aliphatic heterocycles. The van der Waals surface area contributed by atoms with E-state index in [0.717, 1.165) is 0 Å². The van der Waals surface area contributed by atoms with Gasteiger partial charge in [0.2, 0.25) is 0 Å². The topological polar surface area (TPSA) is 76.7 Å². The number of amides is 3. The monoisotopic (exact) mass is 376 g/mol. The number of imide groups is 1. The smallest absolute Gasteiger partial charge is 0.326 e. The second kappa shape index (κ2) is 7.45. The Labute approximate surface area is 153 Å². The Hall–Kier alpha value is -3.06. The van der Waals surface area contributed by atoms with Crippen LogP contribution in [-0.4, -0.2) is 19.0 Å². The van der Waals surface area contributed by atoms with Crippen LogP contribution in [0.25, 0.3) is 6.08 Å². The Morgan fingerprint density at radius 2 is 1.96 bits per heavy atom. The highest BCUT2D eigenvalue weighted by molar-refractivity contribution is 6.32. The van der Waals surface area contributed by atoms with Crippen LogP contribution in [0.15, 0.2) is 42.1 Å². The van der Waals surface area contributed by atoms with Crippen molar-refractivity contribution < 1.29 is 23.5 Å². The molecule has 1 saturated heterocycles. The first-order chi connectivity index (χ1) is 12.5. The van der Waals surface area contributed by atoms with Crippen molar-refractivity contribution in [2.24, 2.45) is 0 Å². The highest BCUT2D eigenvalue weighted by Crippen LogP contribution is 2.37. The highest BCUT2D eigenvalue weighted by atomic mass is 35.5. The fraction of sp³-hybridized carbons (Fsp3) is 0.111. The number of methoxy groups -OCH3 is 1. The minimum atomic E-state index is -0.593. The summed E-state index contributed by atoms with van der Waals surface area (Å²) < 4.78 is 24.6. The van der Waals surface area contributed by atoms with Gasteiger partial charge in [-0.1, -0.05) is 29.8 Å². The zero-order valence-corrected chi connectivity index (χ0v) is 14.4. The molecule has 0 bridgehead atoms. The average molecular weight is 377 g/mol. The molecule has 8 heteroatoms. The number of rotatable bonds is 5. The van der Waals surface area contributed by atoms with E-state index in [2.05, 4.69) is 10.6 Å². The summed E-state index contributed by atoms with van der Waals surface area (Å²) in [5, 5.41) is 4.70. The molecular weight excluding hydrogens is 363 g/mol. The third-order valence-electron chi connectivity index (χ3n) is 3.61. The van der Waals surface area contributed by atoms with Crippen LogP contribution in [0, 0.1) is 5.82 Å². The number of carbonyl (C=O) groups excluding carboxylic acids is 2. The molecule has 2 N–H and O–H groups in total. The molecule has 3 rings (SSSR count). The van der Waals surface area contributed by atoms with Crippen LogP contribution in [0.5, 0.6) is 11.5 Å². The maximum absolute atomic E-state index is 13.7. The number of ether oxygens (including phenoxy) is 2. The average Bonchev–Trinajstić information content (AvgIpc) is 2.92. The highest BCUT2D eigenvalue weighted by Gasteiger charge is 2.23. The molecule has 0 unspecified atom stereocenters. The van der Waals surface area contributed by atoms with Gasteiger partial charge in [0.05, 0.1) is 12.1 Å². The van der Waals surface area contributed by atoms with E-state index < -0.39 is 11.9 Å². The minimum absolute atomic E-state index is 0.0261. The molecule has 26 heavy (non-hydrogen) atoms. The largest absolute Gasteiger partial charge is 0.493 e. The number of carbonyl (C=O) groups is 2. The first-order valence-corrected chi connectivity index (χ1v) is 7.93. The molecule has 0 aliphatic carbocycles. The summed E-state index contributed by atoms with van der Waals surface area (Å²) in [6.45, 7) is -0.0261. The molecule has 2 aromatic rings. The Bertz CT molecular complexity index is 914. The fourth-order valence-corrected chi connectivity index (χ4v) is 2.65. The fourth-order valence-electron chi connectivity index (χ4n) is 2.38. The van der Waals surface area contributed by atoms with Gasteiger partial charge in [0, 0.05) is 5.56 Å². The third kappa shape index (κ3) is 3.78. The van der Waals surface area contributed by atoms with Crippen LogP contribution in [0.2, 0.25) is 5.02 Å². The van der Waals surface area contributed by atoms with Gasteiger partial charge in [0.1, 0.15) is 18.1 Å². The Morgan fingerprint density at radius 1 is 1.19 bits per heavy atom. The molecule has 0 spiro atoms. The second-order valence-electron chi connectivity index (χ2n) is 5.38. The molecule has 1 aliphatic rings. The quantitative estimate of drug-likeness (QED) is 0.620. The van der Waals surface area contributed by atoms with Gasteiger partial charge in [-0.2, -0.15) is 0 Å². The van der Waals surface area contributed by atoms with Gasteiger partial charge in [0.15, 0.2) is 11.5 Å². The number of benzene rings is 2. The van der Waals surface area contributed by atoms with Crippen LogP contribution in [0.3, 0.4) is 0 Å². The summed E-state index contributed by atoms with van der Waals surface area (Å²) in [6, 6.07) is 8.79. The third-order valence-corrected chi connectivity index (χ3v) is 3.89. The SMILES string of the molecule is COc1cc(/C=C2/NC(=O)NC2=O)cc(Cl)c1OCc1ccccc1F. The number of nitrogens with one attached hydrogen (secondary N) is 2. The van der Waals surface area contributed by atoms with E-state index in [0.29, 0.717) is 16.9 Å². The lowest BCUT2D eigenvalue weighted by atomic mass is 10.1. The molecule has 134 valence electrons. The van der Waals surface area contributed by atoms with E-state index in [-0.39, 0.29) is 28.9 Å². The number of hydrogen-bond acceptors (Lipinski definition) is 4. The Balaban J connectivity index is 1.86. The molecule has 0 saturated carbocycles. The van der Waals surface area contributed by atoms with Gasteiger partial charge in [-0.05, 0) is 29.8 Å². The van der Waals surface area contributed by atoms with Gasteiger partial charge in [0.25, 0.3) is 5.91 Å². The Kier molecular flexibility index (Phi) is 5.09. The summed E-state index contributed by atoms with van der Waals surface area (Å²) in [7, 11) is 1.43. The van der Waals surface area contributed by atoms with E-state index in [1.807, 2.05) is 0 Å². The lowest BCUT2D eigenvalue weighted by Gasteiger charge is -2.14. The van der Waals surface area contributed by atoms with Gasteiger partial charge >= 0.3 is 6.03 Å². The van der Waals surface area contributed by atoms with Crippen molar-refractivity contribution in [3.63, 3.8) is 0 Å². The van der Waals surface area contributed by atoms with Crippen molar-refractivity contribution in [2.45, 2.75) is 6.61 Å². The molecule has 0 aromatic heterocycles. The van der Waals surface area contributed by atoms with Gasteiger partial charge in [-0.25, -0.2) is 9.18 Å². The summed E-state index contributed by atoms with van der Waals surface area (Å²) in [6.07, 6.45) is 1.45. The van der Waals surface area contributed by atoms with Gasteiger partial charge in [-0.15, -0.1) is 0 Å². The standard InChI is InChI=1S/C18H14ClFN2O4/c1-25-15-8-10(7-14-17(23)22-18(24)21-14)6-12(19)16(15)26-9-11-4-2-3-5-13(11)20/h2-8H,9H2,1H3,(H2,21,22,23,24)/b14-7+. The zero-order valence-electron chi connectivity index (χ0n) is 13.6. The predicted molar refractivity (Wildman–Crippen MR) is 93.4 cm³/mol. The number of halogens is 2.